The standard InChI is InChI=1S/C24H22N4O4/c1-15-10-18(24(30)31)19(27(2)14-15)12-26-23(29)16-8-9-28-20(13-25-22(28)11-16)17-6-4-5-7-21(17)32-3/h4-11,13-14H,12H2,1-3H3,(H-,26,29,30,31)/p+1. The molecule has 0 saturated carbocycles. The molecule has 1 amide bonds. The zero-order valence-corrected chi connectivity index (χ0v) is 18.0. The number of imidazole rings is 1. The third-order valence-electron chi connectivity index (χ3n) is 5.31. The van der Waals surface area contributed by atoms with Crippen molar-refractivity contribution >= 4 is 17.5 Å². The first kappa shape index (κ1) is 21.0. The molecule has 0 unspecified atom stereocenters. The normalized spacial score (nSPS) is 10.8. The number of rotatable bonds is 6. The number of amides is 1. The Labute approximate surface area is 184 Å². The molecule has 0 fully saturated rings. The first-order chi connectivity index (χ1) is 15.4. The van der Waals surface area contributed by atoms with E-state index in [1.807, 2.05) is 41.8 Å². The van der Waals surface area contributed by atoms with Crippen LogP contribution in [0.25, 0.3) is 16.9 Å². The second-order valence-electron chi connectivity index (χ2n) is 7.46. The monoisotopic (exact) mass is 431 g/mol. The lowest BCUT2D eigenvalue weighted by atomic mass is 10.1. The number of carboxylic acids is 1. The maximum absolute atomic E-state index is 12.8. The van der Waals surface area contributed by atoms with Crippen LogP contribution < -0.4 is 14.6 Å². The molecule has 0 atom stereocenters. The highest BCUT2D eigenvalue weighted by Gasteiger charge is 2.21. The minimum absolute atomic E-state index is 0.0866. The van der Waals surface area contributed by atoms with Gasteiger partial charge in [0, 0.05) is 22.9 Å². The van der Waals surface area contributed by atoms with Crippen LogP contribution in [0.1, 0.15) is 32.0 Å². The molecule has 1 aromatic carbocycles. The number of aromatic nitrogens is 3. The number of methoxy groups -OCH3 is 1. The van der Waals surface area contributed by atoms with Crippen molar-refractivity contribution in [3.8, 4) is 17.0 Å². The van der Waals surface area contributed by atoms with Crippen molar-refractivity contribution in [1.82, 2.24) is 14.7 Å². The van der Waals surface area contributed by atoms with Crippen LogP contribution in [-0.4, -0.2) is 33.5 Å². The van der Waals surface area contributed by atoms with Gasteiger partial charge in [-0.05, 0) is 37.3 Å². The van der Waals surface area contributed by atoms with Crippen LogP contribution in [-0.2, 0) is 13.6 Å². The molecule has 0 saturated heterocycles. The van der Waals surface area contributed by atoms with Gasteiger partial charge in [0.1, 0.15) is 30.6 Å². The number of aromatic carboxylic acids is 1. The van der Waals surface area contributed by atoms with Crippen LogP contribution in [0, 0.1) is 6.92 Å². The van der Waals surface area contributed by atoms with Gasteiger partial charge in [-0.15, -0.1) is 0 Å². The summed E-state index contributed by atoms with van der Waals surface area (Å²) in [5.74, 6) is -0.612. The number of carbonyl (C=O) groups is 2. The van der Waals surface area contributed by atoms with Gasteiger partial charge in [0.05, 0.1) is 19.0 Å². The van der Waals surface area contributed by atoms with E-state index in [1.165, 1.54) is 0 Å². The van der Waals surface area contributed by atoms with E-state index in [0.29, 0.717) is 16.9 Å². The Bertz CT molecular complexity index is 1340. The second-order valence-corrected chi connectivity index (χ2v) is 7.46. The van der Waals surface area contributed by atoms with E-state index in [2.05, 4.69) is 10.3 Å². The highest BCUT2D eigenvalue weighted by atomic mass is 16.5. The molecule has 8 nitrogen and oxygen atoms in total. The topological polar surface area (TPSA) is 96.8 Å². The van der Waals surface area contributed by atoms with Crippen molar-refractivity contribution < 1.29 is 24.0 Å². The fourth-order valence-corrected chi connectivity index (χ4v) is 3.77. The molecule has 0 radical (unpaired) electrons. The van der Waals surface area contributed by atoms with Crippen molar-refractivity contribution in [1.29, 1.82) is 0 Å². The van der Waals surface area contributed by atoms with E-state index in [4.69, 9.17) is 4.74 Å². The fourth-order valence-electron chi connectivity index (χ4n) is 3.77. The summed E-state index contributed by atoms with van der Waals surface area (Å²) in [6.07, 6.45) is 5.35. The average molecular weight is 431 g/mol. The molecule has 4 rings (SSSR count). The molecule has 0 bridgehead atoms. The summed E-state index contributed by atoms with van der Waals surface area (Å²) in [5.41, 5.74) is 4.30. The average Bonchev–Trinajstić information content (AvgIpc) is 3.20. The molecule has 8 heteroatoms. The van der Waals surface area contributed by atoms with Crippen LogP contribution in [0.2, 0.25) is 0 Å². The molecule has 162 valence electrons. The number of benzene rings is 1. The van der Waals surface area contributed by atoms with Gasteiger partial charge in [-0.1, -0.05) is 12.1 Å². The minimum Gasteiger partial charge on any atom is -0.496 e. The number of carboxylic acid groups (broad SMARTS) is 1. The SMILES string of the molecule is COc1ccccc1-c1cnc2cc(C(=O)NCc3c(C(=O)O)cc(C)c[n+]3C)ccn12. The van der Waals surface area contributed by atoms with E-state index < -0.39 is 5.97 Å². The Hall–Kier alpha value is -4.20. The number of nitrogens with one attached hydrogen (secondary N) is 1. The lowest BCUT2D eigenvalue weighted by molar-refractivity contribution is -0.679. The number of pyridine rings is 2. The molecule has 0 spiro atoms. The number of aryl methyl sites for hydroxylation is 2. The molecule has 0 aliphatic carbocycles. The summed E-state index contributed by atoms with van der Waals surface area (Å²) in [7, 11) is 3.38. The number of ether oxygens (including phenoxy) is 1. The summed E-state index contributed by atoms with van der Waals surface area (Å²) < 4.78 is 9.05. The number of fused-ring (bicyclic) bond motifs is 1. The zero-order valence-electron chi connectivity index (χ0n) is 18.0. The molecule has 3 aromatic heterocycles. The Morgan fingerprint density at radius 2 is 2.00 bits per heavy atom. The quantitative estimate of drug-likeness (QED) is 0.458. The Balaban J connectivity index is 1.59. The number of carbonyl (C=O) groups excluding carboxylic acids is 1. The Kier molecular flexibility index (Phi) is 5.59. The molecule has 2 N–H and O–H groups in total. The summed E-state index contributed by atoms with van der Waals surface area (Å²) in [5, 5.41) is 12.3. The molecule has 3 heterocycles. The number of para-hydroxylation sites is 1. The maximum Gasteiger partial charge on any atom is 0.342 e. The number of hydrogen-bond donors (Lipinski definition) is 2. The van der Waals surface area contributed by atoms with Crippen LogP contribution >= 0.6 is 0 Å². The molecule has 0 aliphatic heterocycles. The predicted molar refractivity (Wildman–Crippen MR) is 118 cm³/mol. The molecule has 4 aromatic rings. The van der Waals surface area contributed by atoms with E-state index in [0.717, 1.165) is 22.6 Å². The van der Waals surface area contributed by atoms with Gasteiger partial charge in [0.2, 0.25) is 5.69 Å². The second kappa shape index (κ2) is 8.50. The van der Waals surface area contributed by atoms with Gasteiger partial charge in [0.25, 0.3) is 5.91 Å². The lowest BCUT2D eigenvalue weighted by Gasteiger charge is -2.09. The summed E-state index contributed by atoms with van der Waals surface area (Å²) in [6, 6.07) is 12.7. The third-order valence-corrected chi connectivity index (χ3v) is 5.31. The van der Waals surface area contributed by atoms with Crippen molar-refractivity contribution in [2.45, 2.75) is 13.5 Å². The third kappa shape index (κ3) is 3.90. The van der Waals surface area contributed by atoms with Crippen LogP contribution in [0.3, 0.4) is 0 Å². The van der Waals surface area contributed by atoms with Crippen molar-refractivity contribution in [2.24, 2.45) is 7.05 Å². The largest absolute Gasteiger partial charge is 0.496 e. The van der Waals surface area contributed by atoms with E-state index in [9.17, 15) is 14.7 Å². The van der Waals surface area contributed by atoms with Crippen molar-refractivity contribution in [3.05, 3.63) is 83.4 Å². The van der Waals surface area contributed by atoms with E-state index >= 15 is 0 Å². The smallest absolute Gasteiger partial charge is 0.342 e. The first-order valence-electron chi connectivity index (χ1n) is 10.00. The Morgan fingerprint density at radius 1 is 1.22 bits per heavy atom. The first-order valence-corrected chi connectivity index (χ1v) is 10.00. The summed E-state index contributed by atoms with van der Waals surface area (Å²) in [6.45, 7) is 1.91. The molecular formula is C24H23N4O4+. The number of hydrogen-bond acceptors (Lipinski definition) is 4. The Morgan fingerprint density at radius 3 is 2.75 bits per heavy atom. The highest BCUT2D eigenvalue weighted by Crippen LogP contribution is 2.30. The van der Waals surface area contributed by atoms with Crippen LogP contribution in [0.5, 0.6) is 5.75 Å². The van der Waals surface area contributed by atoms with Crippen LogP contribution in [0.4, 0.5) is 0 Å². The summed E-state index contributed by atoms with van der Waals surface area (Å²) in [4.78, 5) is 28.8. The minimum atomic E-state index is -1.03. The molecular weight excluding hydrogens is 408 g/mol. The van der Waals surface area contributed by atoms with Gasteiger partial charge < -0.3 is 15.2 Å². The highest BCUT2D eigenvalue weighted by molar-refractivity contribution is 5.95. The molecule has 0 aliphatic rings. The van der Waals surface area contributed by atoms with Crippen LogP contribution in [0.15, 0.2) is 61.1 Å². The van der Waals surface area contributed by atoms with E-state index in [-0.39, 0.29) is 18.0 Å². The van der Waals surface area contributed by atoms with Gasteiger partial charge >= 0.3 is 5.97 Å². The zero-order chi connectivity index (χ0) is 22.8. The fraction of sp³-hybridized carbons (Fsp3) is 0.167. The predicted octanol–water partition coefficient (Wildman–Crippen LogP) is 2.77. The summed E-state index contributed by atoms with van der Waals surface area (Å²) >= 11 is 0. The number of nitrogens with zero attached hydrogens (tertiary/aromatic N) is 3. The lowest BCUT2D eigenvalue weighted by Crippen LogP contribution is -2.39. The van der Waals surface area contributed by atoms with Gasteiger partial charge in [0.15, 0.2) is 6.20 Å². The van der Waals surface area contributed by atoms with Crippen molar-refractivity contribution in [3.63, 3.8) is 0 Å². The maximum atomic E-state index is 12.8. The van der Waals surface area contributed by atoms with Gasteiger partial charge in [-0.2, -0.15) is 0 Å². The van der Waals surface area contributed by atoms with Crippen molar-refractivity contribution in [2.75, 3.05) is 7.11 Å². The van der Waals surface area contributed by atoms with Gasteiger partial charge in [-0.25, -0.2) is 14.3 Å². The van der Waals surface area contributed by atoms with E-state index in [1.54, 1.807) is 49.3 Å². The molecule has 32 heavy (non-hydrogen) atoms. The van der Waals surface area contributed by atoms with Gasteiger partial charge in [-0.3, -0.25) is 9.20 Å².